The summed E-state index contributed by atoms with van der Waals surface area (Å²) in [7, 11) is 3.16. The first kappa shape index (κ1) is 27.6. The van der Waals surface area contributed by atoms with Gasteiger partial charge in [0.15, 0.2) is 0 Å². The third-order valence-electron chi connectivity index (χ3n) is 7.25. The lowest BCUT2D eigenvalue weighted by Crippen LogP contribution is -2.39. The first-order chi connectivity index (χ1) is 20.0. The van der Waals surface area contributed by atoms with Crippen LogP contribution in [-0.2, 0) is 6.42 Å². The lowest BCUT2D eigenvalue weighted by molar-refractivity contribution is 0.0661. The number of rotatable bonds is 10. The number of amides is 1. The van der Waals surface area contributed by atoms with Crippen molar-refractivity contribution >= 4 is 16.8 Å². The van der Waals surface area contributed by atoms with E-state index in [9.17, 15) is 9.59 Å². The standard InChI is InChI=1S/C34H33N3O4/c1-4-29(36(22-21-24-13-6-5-7-14-24)33(38)25-15-12-16-26(23-25)40-2)32-35-28-18-9-8-17-27(28)34(39)37(32)30-19-10-11-20-31(30)41-3/h5-20,23,29H,4,21-22H2,1-3H3. The van der Waals surface area contributed by atoms with Crippen molar-refractivity contribution in [2.24, 2.45) is 0 Å². The quantitative estimate of drug-likeness (QED) is 0.207. The van der Waals surface area contributed by atoms with E-state index in [1.54, 1.807) is 43.1 Å². The van der Waals surface area contributed by atoms with E-state index in [0.29, 0.717) is 58.9 Å². The predicted octanol–water partition coefficient (Wildman–Crippen LogP) is 6.24. The number of nitrogens with zero attached hydrogens (tertiary/aromatic N) is 3. The SMILES string of the molecule is CCC(c1nc2ccccc2c(=O)n1-c1ccccc1OC)N(CCc1ccccc1)C(=O)c1cccc(OC)c1. The predicted molar refractivity (Wildman–Crippen MR) is 161 cm³/mol. The van der Waals surface area contributed by atoms with Gasteiger partial charge in [-0.25, -0.2) is 4.98 Å². The molecule has 1 unspecified atom stereocenters. The molecule has 0 bridgehead atoms. The van der Waals surface area contributed by atoms with Crippen LogP contribution >= 0.6 is 0 Å². The Morgan fingerprint density at radius 3 is 2.37 bits per heavy atom. The van der Waals surface area contributed by atoms with Crippen molar-refractivity contribution < 1.29 is 14.3 Å². The van der Waals surface area contributed by atoms with E-state index in [4.69, 9.17) is 14.5 Å². The van der Waals surface area contributed by atoms with Crippen molar-refractivity contribution in [1.29, 1.82) is 0 Å². The number of aromatic nitrogens is 2. The smallest absolute Gasteiger partial charge is 0.266 e. The summed E-state index contributed by atoms with van der Waals surface area (Å²) in [6.07, 6.45) is 1.17. The van der Waals surface area contributed by atoms with Gasteiger partial charge < -0.3 is 14.4 Å². The highest BCUT2D eigenvalue weighted by atomic mass is 16.5. The fraction of sp³-hybridized carbons (Fsp3) is 0.206. The number of para-hydroxylation sites is 3. The van der Waals surface area contributed by atoms with Gasteiger partial charge in [0.05, 0.1) is 36.9 Å². The topological polar surface area (TPSA) is 73.7 Å². The molecule has 0 saturated heterocycles. The molecule has 0 aliphatic carbocycles. The molecule has 7 heteroatoms. The van der Waals surface area contributed by atoms with Crippen molar-refractivity contribution in [3.63, 3.8) is 0 Å². The van der Waals surface area contributed by atoms with Crippen LogP contribution in [0.2, 0.25) is 0 Å². The number of benzene rings is 4. The Balaban J connectivity index is 1.71. The number of ether oxygens (including phenoxy) is 2. The lowest BCUT2D eigenvalue weighted by Gasteiger charge is -2.33. The third-order valence-corrected chi connectivity index (χ3v) is 7.25. The second-order valence-corrected chi connectivity index (χ2v) is 9.69. The van der Waals surface area contributed by atoms with Crippen molar-refractivity contribution in [2.75, 3.05) is 20.8 Å². The summed E-state index contributed by atoms with van der Waals surface area (Å²) >= 11 is 0. The van der Waals surface area contributed by atoms with Gasteiger partial charge in [-0.2, -0.15) is 0 Å². The maximum Gasteiger partial charge on any atom is 0.266 e. The Morgan fingerprint density at radius 2 is 1.61 bits per heavy atom. The minimum Gasteiger partial charge on any atom is -0.497 e. The molecule has 1 atom stereocenters. The summed E-state index contributed by atoms with van der Waals surface area (Å²) in [5, 5.41) is 0.493. The maximum absolute atomic E-state index is 14.3. The largest absolute Gasteiger partial charge is 0.497 e. The van der Waals surface area contributed by atoms with Gasteiger partial charge in [0.1, 0.15) is 17.3 Å². The molecule has 1 amide bonds. The molecule has 208 valence electrons. The Bertz CT molecular complexity index is 1710. The average Bonchev–Trinajstić information content (AvgIpc) is 3.03. The van der Waals surface area contributed by atoms with Gasteiger partial charge in [-0.1, -0.05) is 67.6 Å². The second-order valence-electron chi connectivity index (χ2n) is 9.69. The van der Waals surface area contributed by atoms with E-state index in [1.165, 1.54) is 0 Å². The van der Waals surface area contributed by atoms with Crippen LogP contribution < -0.4 is 15.0 Å². The molecule has 0 saturated carbocycles. The van der Waals surface area contributed by atoms with E-state index < -0.39 is 6.04 Å². The van der Waals surface area contributed by atoms with Crippen LogP contribution in [0.3, 0.4) is 0 Å². The number of fused-ring (bicyclic) bond motifs is 1. The Hall–Kier alpha value is -4.91. The molecule has 4 aromatic carbocycles. The minimum atomic E-state index is -0.514. The number of methoxy groups -OCH3 is 2. The molecule has 5 aromatic rings. The van der Waals surface area contributed by atoms with Crippen LogP contribution in [0, 0.1) is 0 Å². The fourth-order valence-corrected chi connectivity index (χ4v) is 5.18. The fourth-order valence-electron chi connectivity index (χ4n) is 5.18. The molecule has 5 rings (SSSR count). The first-order valence-corrected chi connectivity index (χ1v) is 13.7. The van der Waals surface area contributed by atoms with E-state index in [-0.39, 0.29) is 11.5 Å². The molecule has 0 spiro atoms. The van der Waals surface area contributed by atoms with E-state index in [0.717, 1.165) is 5.56 Å². The Morgan fingerprint density at radius 1 is 0.878 bits per heavy atom. The molecular formula is C34H33N3O4. The van der Waals surface area contributed by atoms with E-state index >= 15 is 0 Å². The molecule has 1 aromatic heterocycles. The van der Waals surface area contributed by atoms with Crippen LogP contribution in [0.1, 0.15) is 41.1 Å². The molecule has 0 N–H and O–H groups in total. The summed E-state index contributed by atoms with van der Waals surface area (Å²) in [5.74, 6) is 1.45. The molecule has 0 aliphatic rings. The molecule has 1 heterocycles. The summed E-state index contributed by atoms with van der Waals surface area (Å²) in [4.78, 5) is 35.2. The summed E-state index contributed by atoms with van der Waals surface area (Å²) in [6.45, 7) is 2.43. The van der Waals surface area contributed by atoms with Gasteiger partial charge >= 0.3 is 0 Å². The Kier molecular flexibility index (Phi) is 8.44. The number of hydrogen-bond donors (Lipinski definition) is 0. The lowest BCUT2D eigenvalue weighted by atomic mass is 10.1. The van der Waals surface area contributed by atoms with Gasteiger partial charge in [0.25, 0.3) is 11.5 Å². The first-order valence-electron chi connectivity index (χ1n) is 13.7. The maximum atomic E-state index is 14.3. The van der Waals surface area contributed by atoms with Gasteiger partial charge in [-0.15, -0.1) is 0 Å². The van der Waals surface area contributed by atoms with Crippen LogP contribution in [0.4, 0.5) is 0 Å². The molecule has 0 aliphatic heterocycles. The average molecular weight is 548 g/mol. The zero-order valence-corrected chi connectivity index (χ0v) is 23.5. The second kappa shape index (κ2) is 12.5. The minimum absolute atomic E-state index is 0.166. The Labute approximate surface area is 239 Å². The summed E-state index contributed by atoms with van der Waals surface area (Å²) < 4.78 is 12.7. The molecular weight excluding hydrogens is 514 g/mol. The van der Waals surface area contributed by atoms with Crippen molar-refractivity contribution in [3.8, 4) is 17.2 Å². The van der Waals surface area contributed by atoms with E-state index in [1.807, 2.05) is 90.7 Å². The highest BCUT2D eigenvalue weighted by Crippen LogP contribution is 2.31. The van der Waals surface area contributed by atoms with Gasteiger partial charge in [-0.05, 0) is 60.9 Å². The van der Waals surface area contributed by atoms with Gasteiger partial charge in [0, 0.05) is 12.1 Å². The van der Waals surface area contributed by atoms with E-state index in [2.05, 4.69) is 0 Å². The van der Waals surface area contributed by atoms with Crippen molar-refractivity contribution in [2.45, 2.75) is 25.8 Å². The number of carbonyl (C=O) groups excluding carboxylic acids is 1. The van der Waals surface area contributed by atoms with Crippen molar-refractivity contribution in [3.05, 3.63) is 130 Å². The molecule has 0 radical (unpaired) electrons. The highest BCUT2D eigenvalue weighted by molar-refractivity contribution is 5.95. The number of carbonyl (C=O) groups is 1. The van der Waals surface area contributed by atoms with Crippen LogP contribution in [0.15, 0.2) is 108 Å². The monoisotopic (exact) mass is 547 g/mol. The zero-order chi connectivity index (χ0) is 28.8. The molecule has 7 nitrogen and oxygen atoms in total. The van der Waals surface area contributed by atoms with Crippen LogP contribution in [-0.4, -0.2) is 41.1 Å². The third kappa shape index (κ3) is 5.70. The van der Waals surface area contributed by atoms with Crippen LogP contribution in [0.5, 0.6) is 11.5 Å². The molecule has 41 heavy (non-hydrogen) atoms. The number of hydrogen-bond acceptors (Lipinski definition) is 5. The highest BCUT2D eigenvalue weighted by Gasteiger charge is 2.30. The van der Waals surface area contributed by atoms with Crippen LogP contribution in [0.25, 0.3) is 16.6 Å². The summed E-state index contributed by atoms with van der Waals surface area (Å²) in [6, 6.07) is 31.4. The summed E-state index contributed by atoms with van der Waals surface area (Å²) in [5.41, 5.74) is 2.55. The normalized spacial score (nSPS) is 11.7. The zero-order valence-electron chi connectivity index (χ0n) is 23.5. The van der Waals surface area contributed by atoms with Gasteiger partial charge in [0.2, 0.25) is 0 Å². The van der Waals surface area contributed by atoms with Crippen molar-refractivity contribution in [1.82, 2.24) is 14.5 Å². The molecule has 0 fully saturated rings. The van der Waals surface area contributed by atoms with Gasteiger partial charge in [-0.3, -0.25) is 14.2 Å².